The third kappa shape index (κ3) is 2.70. The third-order valence-corrected chi connectivity index (χ3v) is 5.03. The molecule has 7 nitrogen and oxygen atoms in total. The predicted octanol–water partition coefficient (Wildman–Crippen LogP) is 1.38. The first-order valence-corrected chi connectivity index (χ1v) is 8.73. The normalized spacial score (nSPS) is 17.7. The number of aromatic nitrogens is 4. The summed E-state index contributed by atoms with van der Waals surface area (Å²) < 4.78 is 7.51. The summed E-state index contributed by atoms with van der Waals surface area (Å²) in [5, 5.41) is 8.18. The molecular weight excluding hydrogens is 316 g/mol. The summed E-state index contributed by atoms with van der Waals surface area (Å²) in [5.74, 6) is 1.98. The maximum atomic E-state index is 5.59. The summed E-state index contributed by atoms with van der Waals surface area (Å²) in [6.07, 6.45) is 6.44. The first-order chi connectivity index (χ1) is 12.4. The van der Waals surface area contributed by atoms with Crippen LogP contribution in [0.4, 0.5) is 5.82 Å². The van der Waals surface area contributed by atoms with E-state index in [0.29, 0.717) is 0 Å². The SMILES string of the molecule is c1cn2cnnc2c(N2CCN(Cc3ccc4c(c3)CCO4)CC2)n1. The van der Waals surface area contributed by atoms with Crippen LogP contribution in [0.1, 0.15) is 11.1 Å². The molecule has 1 aromatic carbocycles. The van der Waals surface area contributed by atoms with Crippen molar-refractivity contribution in [3.05, 3.63) is 48.0 Å². The number of ether oxygens (including phenoxy) is 1. The van der Waals surface area contributed by atoms with Crippen LogP contribution in [0.3, 0.4) is 0 Å². The van der Waals surface area contributed by atoms with Crippen molar-refractivity contribution in [2.75, 3.05) is 37.7 Å². The van der Waals surface area contributed by atoms with E-state index < -0.39 is 0 Å². The number of rotatable bonds is 3. The van der Waals surface area contributed by atoms with Crippen molar-refractivity contribution >= 4 is 11.5 Å². The molecule has 0 atom stereocenters. The van der Waals surface area contributed by atoms with Crippen LogP contribution >= 0.6 is 0 Å². The first kappa shape index (κ1) is 14.7. The van der Waals surface area contributed by atoms with Crippen LogP contribution in [0.2, 0.25) is 0 Å². The number of nitrogens with zero attached hydrogens (tertiary/aromatic N) is 6. The molecule has 2 aromatic heterocycles. The van der Waals surface area contributed by atoms with E-state index in [0.717, 1.165) is 63.0 Å². The van der Waals surface area contributed by atoms with Gasteiger partial charge in [-0.3, -0.25) is 9.30 Å². The largest absolute Gasteiger partial charge is 0.493 e. The third-order valence-electron chi connectivity index (χ3n) is 5.03. The second kappa shape index (κ2) is 6.00. The Kier molecular flexibility index (Phi) is 3.52. The molecule has 2 aliphatic rings. The number of piperazine rings is 1. The van der Waals surface area contributed by atoms with E-state index >= 15 is 0 Å². The molecule has 0 aliphatic carbocycles. The Morgan fingerprint density at radius 3 is 2.96 bits per heavy atom. The van der Waals surface area contributed by atoms with Gasteiger partial charge in [0.2, 0.25) is 5.65 Å². The molecule has 0 unspecified atom stereocenters. The Balaban J connectivity index is 1.26. The smallest absolute Gasteiger partial charge is 0.203 e. The van der Waals surface area contributed by atoms with Gasteiger partial charge in [-0.1, -0.05) is 12.1 Å². The molecule has 7 heteroatoms. The highest BCUT2D eigenvalue weighted by atomic mass is 16.5. The molecule has 3 aromatic rings. The van der Waals surface area contributed by atoms with Crippen molar-refractivity contribution in [3.63, 3.8) is 0 Å². The second-order valence-corrected chi connectivity index (χ2v) is 6.62. The summed E-state index contributed by atoms with van der Waals surface area (Å²) in [6.45, 7) is 5.75. The highest BCUT2D eigenvalue weighted by molar-refractivity contribution is 5.63. The maximum Gasteiger partial charge on any atom is 0.203 e. The molecule has 0 N–H and O–H groups in total. The monoisotopic (exact) mass is 336 g/mol. The fourth-order valence-electron chi connectivity index (χ4n) is 3.68. The minimum absolute atomic E-state index is 0.818. The highest BCUT2D eigenvalue weighted by Gasteiger charge is 2.21. The molecular formula is C18H20N6O. The van der Waals surface area contributed by atoms with Crippen LogP contribution < -0.4 is 9.64 Å². The number of fused-ring (bicyclic) bond motifs is 2. The van der Waals surface area contributed by atoms with Gasteiger partial charge in [0.15, 0.2) is 5.82 Å². The van der Waals surface area contributed by atoms with Crippen molar-refractivity contribution < 1.29 is 4.74 Å². The van der Waals surface area contributed by atoms with E-state index in [4.69, 9.17) is 4.74 Å². The van der Waals surface area contributed by atoms with Crippen LogP contribution in [0.5, 0.6) is 5.75 Å². The van der Waals surface area contributed by atoms with E-state index in [9.17, 15) is 0 Å². The van der Waals surface area contributed by atoms with Gasteiger partial charge in [0.25, 0.3) is 0 Å². The Morgan fingerprint density at radius 1 is 1.12 bits per heavy atom. The number of benzene rings is 1. The van der Waals surface area contributed by atoms with Gasteiger partial charge in [0, 0.05) is 51.5 Å². The van der Waals surface area contributed by atoms with Gasteiger partial charge in [-0.25, -0.2) is 4.98 Å². The highest BCUT2D eigenvalue weighted by Crippen LogP contribution is 2.26. The van der Waals surface area contributed by atoms with Crippen LogP contribution in [-0.4, -0.2) is 57.3 Å². The summed E-state index contributed by atoms with van der Waals surface area (Å²) >= 11 is 0. The molecule has 0 saturated carbocycles. The van der Waals surface area contributed by atoms with Gasteiger partial charge in [0.1, 0.15) is 12.1 Å². The molecule has 0 amide bonds. The number of hydrogen-bond acceptors (Lipinski definition) is 6. The molecule has 4 heterocycles. The Morgan fingerprint density at radius 2 is 2.04 bits per heavy atom. The van der Waals surface area contributed by atoms with Gasteiger partial charge in [-0.05, 0) is 17.2 Å². The molecule has 25 heavy (non-hydrogen) atoms. The van der Waals surface area contributed by atoms with Crippen molar-refractivity contribution in [3.8, 4) is 5.75 Å². The Hall–Kier alpha value is -2.67. The van der Waals surface area contributed by atoms with Gasteiger partial charge in [-0.15, -0.1) is 10.2 Å². The van der Waals surface area contributed by atoms with Crippen molar-refractivity contribution in [1.29, 1.82) is 0 Å². The Bertz CT molecular complexity index is 899. The quantitative estimate of drug-likeness (QED) is 0.720. The van der Waals surface area contributed by atoms with E-state index in [1.54, 1.807) is 6.33 Å². The molecule has 5 rings (SSSR count). The van der Waals surface area contributed by atoms with E-state index in [2.05, 4.69) is 43.2 Å². The van der Waals surface area contributed by atoms with Crippen LogP contribution in [0, 0.1) is 0 Å². The van der Waals surface area contributed by atoms with E-state index in [1.807, 2.05) is 16.8 Å². The average molecular weight is 336 g/mol. The van der Waals surface area contributed by atoms with Crippen LogP contribution in [0.15, 0.2) is 36.9 Å². The average Bonchev–Trinajstić information content (AvgIpc) is 3.31. The molecule has 0 spiro atoms. The Labute approximate surface area is 145 Å². The summed E-state index contributed by atoms with van der Waals surface area (Å²) in [6, 6.07) is 6.60. The fraction of sp³-hybridized carbons (Fsp3) is 0.389. The minimum Gasteiger partial charge on any atom is -0.493 e. The van der Waals surface area contributed by atoms with Gasteiger partial charge in [-0.2, -0.15) is 0 Å². The second-order valence-electron chi connectivity index (χ2n) is 6.62. The molecule has 128 valence electrons. The topological polar surface area (TPSA) is 58.8 Å². The predicted molar refractivity (Wildman–Crippen MR) is 93.9 cm³/mol. The summed E-state index contributed by atoms with van der Waals surface area (Å²) in [7, 11) is 0. The standard InChI is InChI=1S/C18H20N6O/c1-2-16-15(3-10-25-16)11-14(1)12-22-6-8-23(9-7-22)17-18-21-20-13-24(18)5-4-19-17/h1-2,4-5,11,13H,3,6-10,12H2. The molecule has 0 radical (unpaired) electrons. The summed E-state index contributed by atoms with van der Waals surface area (Å²) in [5.41, 5.74) is 3.55. The zero-order valence-corrected chi connectivity index (χ0v) is 14.0. The zero-order chi connectivity index (χ0) is 16.6. The maximum absolute atomic E-state index is 5.59. The van der Waals surface area contributed by atoms with Crippen LogP contribution in [-0.2, 0) is 13.0 Å². The molecule has 1 saturated heterocycles. The van der Waals surface area contributed by atoms with Crippen molar-refractivity contribution in [2.45, 2.75) is 13.0 Å². The van der Waals surface area contributed by atoms with Crippen molar-refractivity contribution in [2.24, 2.45) is 0 Å². The van der Waals surface area contributed by atoms with E-state index in [1.165, 1.54) is 11.1 Å². The molecule has 0 bridgehead atoms. The van der Waals surface area contributed by atoms with Crippen LogP contribution in [0.25, 0.3) is 5.65 Å². The van der Waals surface area contributed by atoms with Gasteiger partial charge >= 0.3 is 0 Å². The lowest BCUT2D eigenvalue weighted by atomic mass is 10.1. The van der Waals surface area contributed by atoms with Gasteiger partial charge < -0.3 is 9.64 Å². The number of anilines is 1. The van der Waals surface area contributed by atoms with Gasteiger partial charge in [0.05, 0.1) is 6.61 Å². The van der Waals surface area contributed by atoms with E-state index in [-0.39, 0.29) is 0 Å². The summed E-state index contributed by atoms with van der Waals surface area (Å²) in [4.78, 5) is 9.32. The van der Waals surface area contributed by atoms with Crippen molar-refractivity contribution in [1.82, 2.24) is 24.5 Å². The lowest BCUT2D eigenvalue weighted by molar-refractivity contribution is 0.249. The molecule has 2 aliphatic heterocycles. The fourth-order valence-corrected chi connectivity index (χ4v) is 3.68. The first-order valence-electron chi connectivity index (χ1n) is 8.73. The lowest BCUT2D eigenvalue weighted by Gasteiger charge is -2.35. The zero-order valence-electron chi connectivity index (χ0n) is 14.0. The number of hydrogen-bond donors (Lipinski definition) is 0. The minimum atomic E-state index is 0.818. The lowest BCUT2D eigenvalue weighted by Crippen LogP contribution is -2.46. The molecule has 1 fully saturated rings.